The van der Waals surface area contributed by atoms with Crippen molar-refractivity contribution in [2.45, 2.75) is 0 Å². The molecule has 0 spiro atoms. The Morgan fingerprint density at radius 3 is 2.21 bits per heavy atom. The molecule has 0 radical (unpaired) electrons. The molecule has 0 atom stereocenters. The molecule has 0 aromatic heterocycles. The zero-order valence-electron chi connectivity index (χ0n) is 14.0. The van der Waals surface area contributed by atoms with Crippen LogP contribution in [0.25, 0.3) is 0 Å². The van der Waals surface area contributed by atoms with E-state index in [1.165, 1.54) is 24.1 Å². The number of hydrogen-bond acceptors (Lipinski definition) is 5. The van der Waals surface area contributed by atoms with Gasteiger partial charge in [0.2, 0.25) is 0 Å². The molecule has 0 saturated carbocycles. The largest absolute Gasteiger partial charge is 0.490 e. The molecule has 7 heteroatoms. The first-order chi connectivity index (χ1) is 11.4. The lowest BCUT2D eigenvalue weighted by Crippen LogP contribution is -2.28. The molecule has 2 aromatic carbocycles. The Bertz CT molecular complexity index is 774. The molecule has 0 aliphatic rings. The van der Waals surface area contributed by atoms with Crippen molar-refractivity contribution >= 4 is 23.0 Å². The fourth-order valence-corrected chi connectivity index (χ4v) is 2.46. The molecule has 0 N–H and O–H groups in total. The maximum atomic E-state index is 12.9. The highest BCUT2D eigenvalue weighted by molar-refractivity contribution is 6.10. The van der Waals surface area contributed by atoms with Gasteiger partial charge in [0, 0.05) is 21.1 Å². The summed E-state index contributed by atoms with van der Waals surface area (Å²) in [5, 5.41) is 11.4. The van der Waals surface area contributed by atoms with Gasteiger partial charge in [0.1, 0.15) is 5.56 Å². The average molecular weight is 329 g/mol. The van der Waals surface area contributed by atoms with Gasteiger partial charge in [0.25, 0.3) is 5.91 Å². The Morgan fingerprint density at radius 1 is 1.04 bits per heavy atom. The molecule has 2 rings (SSSR count). The van der Waals surface area contributed by atoms with E-state index < -0.39 is 10.8 Å². The molecule has 0 bridgehead atoms. The van der Waals surface area contributed by atoms with Gasteiger partial charge in [-0.25, -0.2) is 0 Å². The highest BCUT2D eigenvalue weighted by atomic mass is 16.6. The number of hydrogen-bond donors (Lipinski definition) is 0. The van der Waals surface area contributed by atoms with Crippen LogP contribution in [0.15, 0.2) is 42.5 Å². The number of nitrogens with zero attached hydrogens (tertiary/aromatic N) is 3. The smallest absolute Gasteiger partial charge is 0.323 e. The third kappa shape index (κ3) is 3.15. The number of carbonyl (C=O) groups is 1. The van der Waals surface area contributed by atoms with Crippen LogP contribution in [0.4, 0.5) is 17.1 Å². The number of rotatable bonds is 5. The molecule has 24 heavy (non-hydrogen) atoms. The van der Waals surface area contributed by atoms with E-state index in [1.807, 2.05) is 37.2 Å². The van der Waals surface area contributed by atoms with E-state index in [-0.39, 0.29) is 17.0 Å². The number of carbonyl (C=O) groups excluding carboxylic acids is 1. The highest BCUT2D eigenvalue weighted by Gasteiger charge is 2.28. The van der Waals surface area contributed by atoms with Crippen molar-refractivity contribution in [1.82, 2.24) is 0 Å². The summed E-state index contributed by atoms with van der Waals surface area (Å²) >= 11 is 0. The number of nitro benzene ring substituents is 1. The molecule has 7 nitrogen and oxygen atoms in total. The van der Waals surface area contributed by atoms with Crippen LogP contribution in [-0.4, -0.2) is 39.1 Å². The standard InChI is InChI=1S/C17H19N3O4/c1-18(2)13-9-5-6-10-14(13)19(3)17(21)12-8-7-11-15(24-4)16(12)20(22)23/h5-11H,1-4H3. The number of benzene rings is 2. The summed E-state index contributed by atoms with van der Waals surface area (Å²) in [7, 11) is 6.66. The number of anilines is 2. The third-order valence-electron chi connectivity index (χ3n) is 3.66. The maximum Gasteiger partial charge on any atom is 0.323 e. The van der Waals surface area contributed by atoms with Gasteiger partial charge >= 0.3 is 5.69 Å². The fraction of sp³-hybridized carbons (Fsp3) is 0.235. The second-order valence-electron chi connectivity index (χ2n) is 5.36. The highest BCUT2D eigenvalue weighted by Crippen LogP contribution is 2.33. The summed E-state index contributed by atoms with van der Waals surface area (Å²) in [6, 6.07) is 11.8. The molecule has 0 heterocycles. The first-order valence-corrected chi connectivity index (χ1v) is 7.24. The Balaban J connectivity index is 2.52. The predicted molar refractivity (Wildman–Crippen MR) is 93.2 cm³/mol. The zero-order valence-corrected chi connectivity index (χ0v) is 14.0. The van der Waals surface area contributed by atoms with E-state index in [0.717, 1.165) is 5.69 Å². The molecule has 2 aromatic rings. The van der Waals surface area contributed by atoms with Gasteiger partial charge in [-0.3, -0.25) is 14.9 Å². The lowest BCUT2D eigenvalue weighted by Gasteiger charge is -2.24. The number of ether oxygens (including phenoxy) is 1. The quantitative estimate of drug-likeness (QED) is 0.623. The minimum Gasteiger partial charge on any atom is -0.490 e. The fourth-order valence-electron chi connectivity index (χ4n) is 2.46. The van der Waals surface area contributed by atoms with Crippen LogP contribution in [0.1, 0.15) is 10.4 Å². The van der Waals surface area contributed by atoms with Gasteiger partial charge in [0.15, 0.2) is 5.75 Å². The molecule has 0 saturated heterocycles. The van der Waals surface area contributed by atoms with E-state index in [4.69, 9.17) is 4.74 Å². The van der Waals surface area contributed by atoms with Crippen molar-refractivity contribution in [1.29, 1.82) is 0 Å². The van der Waals surface area contributed by atoms with Gasteiger partial charge in [-0.2, -0.15) is 0 Å². The third-order valence-corrected chi connectivity index (χ3v) is 3.66. The normalized spacial score (nSPS) is 10.2. The van der Waals surface area contributed by atoms with Crippen LogP contribution in [0.3, 0.4) is 0 Å². The van der Waals surface area contributed by atoms with Crippen molar-refractivity contribution in [3.63, 3.8) is 0 Å². The first-order valence-electron chi connectivity index (χ1n) is 7.24. The van der Waals surface area contributed by atoms with Crippen molar-refractivity contribution in [2.75, 3.05) is 38.1 Å². The van der Waals surface area contributed by atoms with Crippen LogP contribution < -0.4 is 14.5 Å². The summed E-state index contributed by atoms with van der Waals surface area (Å²) in [6.07, 6.45) is 0. The molecular weight excluding hydrogens is 310 g/mol. The molecule has 1 amide bonds. The van der Waals surface area contributed by atoms with E-state index in [0.29, 0.717) is 5.69 Å². The van der Waals surface area contributed by atoms with Gasteiger partial charge in [-0.05, 0) is 24.3 Å². The molecule has 0 unspecified atom stereocenters. The predicted octanol–water partition coefficient (Wildman–Crippen LogP) is 2.95. The number of nitro groups is 1. The van der Waals surface area contributed by atoms with Crippen molar-refractivity contribution in [2.24, 2.45) is 0 Å². The van der Waals surface area contributed by atoms with E-state index >= 15 is 0 Å². The van der Waals surface area contributed by atoms with Gasteiger partial charge < -0.3 is 14.5 Å². The summed E-state index contributed by atoms with van der Waals surface area (Å²) < 4.78 is 5.02. The van der Waals surface area contributed by atoms with Crippen molar-refractivity contribution in [3.05, 3.63) is 58.1 Å². The van der Waals surface area contributed by atoms with Crippen molar-refractivity contribution in [3.8, 4) is 5.75 Å². The first kappa shape index (κ1) is 17.3. The van der Waals surface area contributed by atoms with E-state index in [2.05, 4.69) is 0 Å². The lowest BCUT2D eigenvalue weighted by molar-refractivity contribution is -0.386. The molecule has 0 aliphatic heterocycles. The summed E-state index contributed by atoms with van der Waals surface area (Å²) in [6.45, 7) is 0. The minimum atomic E-state index is -0.599. The van der Waals surface area contributed by atoms with Crippen LogP contribution in [0, 0.1) is 10.1 Å². The average Bonchev–Trinajstić information content (AvgIpc) is 2.59. The molecule has 0 aliphatic carbocycles. The maximum absolute atomic E-state index is 12.9. The number of methoxy groups -OCH3 is 1. The Hall–Kier alpha value is -3.09. The van der Waals surface area contributed by atoms with Crippen LogP contribution in [0.2, 0.25) is 0 Å². The minimum absolute atomic E-state index is 0.0181. The Morgan fingerprint density at radius 2 is 1.67 bits per heavy atom. The van der Waals surface area contributed by atoms with Gasteiger partial charge in [0.05, 0.1) is 23.4 Å². The lowest BCUT2D eigenvalue weighted by atomic mass is 10.1. The second kappa shape index (κ2) is 6.99. The Kier molecular flexibility index (Phi) is 5.03. The number of para-hydroxylation sites is 3. The second-order valence-corrected chi connectivity index (χ2v) is 5.36. The van der Waals surface area contributed by atoms with Gasteiger partial charge in [-0.1, -0.05) is 18.2 Å². The van der Waals surface area contributed by atoms with Gasteiger partial charge in [-0.15, -0.1) is 0 Å². The summed E-state index contributed by atoms with van der Waals surface area (Å²) in [4.78, 5) is 26.9. The molecule has 126 valence electrons. The summed E-state index contributed by atoms with van der Waals surface area (Å²) in [5.74, 6) is -0.421. The summed E-state index contributed by atoms with van der Waals surface area (Å²) in [5.41, 5.74) is 1.14. The van der Waals surface area contributed by atoms with Crippen molar-refractivity contribution < 1.29 is 14.5 Å². The number of amides is 1. The molecular formula is C17H19N3O4. The van der Waals surface area contributed by atoms with Crippen LogP contribution >= 0.6 is 0 Å². The van der Waals surface area contributed by atoms with Crippen LogP contribution in [-0.2, 0) is 0 Å². The monoisotopic (exact) mass is 329 g/mol. The van der Waals surface area contributed by atoms with Crippen LogP contribution in [0.5, 0.6) is 5.75 Å². The topological polar surface area (TPSA) is 75.9 Å². The SMILES string of the molecule is COc1cccc(C(=O)N(C)c2ccccc2N(C)C)c1[N+](=O)[O-]. The van der Waals surface area contributed by atoms with E-state index in [1.54, 1.807) is 19.2 Å². The van der Waals surface area contributed by atoms with E-state index in [9.17, 15) is 14.9 Å². The molecule has 0 fully saturated rings. The Labute approximate surface area is 140 Å². The zero-order chi connectivity index (χ0) is 17.9.